The summed E-state index contributed by atoms with van der Waals surface area (Å²) in [4.78, 5) is 13.6. The normalized spacial score (nSPS) is 25.1. The number of hydrogen-bond donors (Lipinski definition) is 1. The predicted octanol–water partition coefficient (Wildman–Crippen LogP) is 5.80. The quantitative estimate of drug-likeness (QED) is 0.469. The van der Waals surface area contributed by atoms with E-state index < -0.39 is 46.8 Å². The molecule has 2 aliphatic rings. The number of halogens is 6. The fourth-order valence-electron chi connectivity index (χ4n) is 4.87. The molecule has 6 nitrogen and oxygen atoms in total. The number of benzene rings is 2. The minimum Gasteiger partial charge on any atom is -0.447 e. The number of carbonyl (C=O) groups excluding carboxylic acids is 1. The summed E-state index contributed by atoms with van der Waals surface area (Å²) < 4.78 is 91.0. The molecule has 2 aromatic rings. The van der Waals surface area contributed by atoms with E-state index in [1.807, 2.05) is 12.1 Å². The van der Waals surface area contributed by atoms with E-state index in [1.54, 1.807) is 18.2 Å². The van der Waals surface area contributed by atoms with Gasteiger partial charge in [-0.2, -0.15) is 31.6 Å². The summed E-state index contributed by atoms with van der Waals surface area (Å²) in [5.74, 6) is 0. The number of rotatable bonds is 6. The number of alkyl halides is 6. The first-order chi connectivity index (χ1) is 17.8. The minimum absolute atomic E-state index is 0.0625. The maximum absolute atomic E-state index is 13.3. The van der Waals surface area contributed by atoms with Crippen molar-refractivity contribution in [3.8, 4) is 6.07 Å². The van der Waals surface area contributed by atoms with Crippen LogP contribution in [0.3, 0.4) is 0 Å². The van der Waals surface area contributed by atoms with Gasteiger partial charge in [0.2, 0.25) is 0 Å². The van der Waals surface area contributed by atoms with Gasteiger partial charge >= 0.3 is 18.4 Å². The molecule has 2 aliphatic heterocycles. The third kappa shape index (κ3) is 5.44. The van der Waals surface area contributed by atoms with Crippen LogP contribution in [-0.4, -0.2) is 42.8 Å². The number of cyclic esters (lactones) is 1. The van der Waals surface area contributed by atoms with Gasteiger partial charge in [-0.1, -0.05) is 30.3 Å². The van der Waals surface area contributed by atoms with Gasteiger partial charge in [-0.15, -0.1) is 0 Å². The molecule has 2 heterocycles. The fourth-order valence-corrected chi connectivity index (χ4v) is 4.87. The molecule has 4 rings (SSSR count). The topological polar surface area (TPSA) is 74.6 Å². The standard InChI is InChI=1S/C26H25F6N3O3/c1-17(18-11-20(25(27,28)29)13-21(12-18)26(30,31)32)38-16-24(19-5-3-2-4-6-19)8-7-23(14-33,15-34-24)35-9-10-37-22(35)36/h2-6,11-13,17,34H,7-10,15-16H2,1H3/t17-,23-,24?/m1/s1. The van der Waals surface area contributed by atoms with Crippen LogP contribution in [0, 0.1) is 11.3 Å². The number of ether oxygens (including phenoxy) is 2. The van der Waals surface area contributed by atoms with E-state index >= 15 is 0 Å². The molecule has 0 aliphatic carbocycles. The molecule has 1 amide bonds. The largest absolute Gasteiger partial charge is 0.447 e. The second-order valence-corrected chi connectivity index (χ2v) is 9.50. The van der Waals surface area contributed by atoms with E-state index in [0.717, 1.165) is 5.56 Å². The van der Waals surface area contributed by atoms with E-state index in [-0.39, 0.29) is 44.4 Å². The van der Waals surface area contributed by atoms with Crippen LogP contribution in [0.1, 0.15) is 48.1 Å². The zero-order chi connectivity index (χ0) is 27.8. The average Bonchev–Trinajstić information content (AvgIpc) is 3.33. The van der Waals surface area contributed by atoms with E-state index in [9.17, 15) is 36.4 Å². The molecule has 2 fully saturated rings. The molecule has 0 spiro atoms. The van der Waals surface area contributed by atoms with Gasteiger partial charge < -0.3 is 14.8 Å². The van der Waals surface area contributed by atoms with Crippen molar-refractivity contribution in [3.63, 3.8) is 0 Å². The van der Waals surface area contributed by atoms with Crippen LogP contribution in [0.4, 0.5) is 31.1 Å². The van der Waals surface area contributed by atoms with Gasteiger partial charge in [0, 0.05) is 6.54 Å². The van der Waals surface area contributed by atoms with Crippen molar-refractivity contribution in [1.29, 1.82) is 5.26 Å². The highest BCUT2D eigenvalue weighted by molar-refractivity contribution is 5.71. The molecule has 0 bridgehead atoms. The maximum Gasteiger partial charge on any atom is 0.416 e. The Kier molecular flexibility index (Phi) is 7.38. The Morgan fingerprint density at radius 3 is 2.18 bits per heavy atom. The number of amides is 1. The number of hydrogen-bond acceptors (Lipinski definition) is 5. The number of nitrogens with zero attached hydrogens (tertiary/aromatic N) is 2. The first-order valence-corrected chi connectivity index (χ1v) is 11.9. The summed E-state index contributed by atoms with van der Waals surface area (Å²) in [6, 6.07) is 12.6. The molecule has 38 heavy (non-hydrogen) atoms. The summed E-state index contributed by atoms with van der Waals surface area (Å²) in [5, 5.41) is 13.3. The SMILES string of the molecule is C[C@@H](OCC1(c2ccccc2)CC[C@](C#N)(N2CCOC2=O)CN1)c1cc(C(F)(F)F)cc(C(F)(F)F)c1. The first-order valence-electron chi connectivity index (χ1n) is 11.9. The number of nitrogens with one attached hydrogen (secondary N) is 1. The molecule has 1 N–H and O–H groups in total. The molecule has 2 aromatic carbocycles. The summed E-state index contributed by atoms with van der Waals surface area (Å²) in [6.45, 7) is 1.77. The highest BCUT2D eigenvalue weighted by Crippen LogP contribution is 2.40. The summed E-state index contributed by atoms with van der Waals surface area (Å²) in [7, 11) is 0. The Morgan fingerprint density at radius 1 is 1.08 bits per heavy atom. The third-order valence-electron chi connectivity index (χ3n) is 7.16. The minimum atomic E-state index is -4.97. The van der Waals surface area contributed by atoms with Gasteiger partial charge in [-0.25, -0.2) is 4.79 Å². The third-order valence-corrected chi connectivity index (χ3v) is 7.16. The lowest BCUT2D eigenvalue weighted by Crippen LogP contribution is -2.64. The molecule has 1 unspecified atom stereocenters. The van der Waals surface area contributed by atoms with Crippen molar-refractivity contribution in [2.24, 2.45) is 0 Å². The highest BCUT2D eigenvalue weighted by atomic mass is 19.4. The van der Waals surface area contributed by atoms with Gasteiger partial charge in [0.05, 0.1) is 42.0 Å². The van der Waals surface area contributed by atoms with Crippen molar-refractivity contribution in [3.05, 3.63) is 70.8 Å². The van der Waals surface area contributed by atoms with Gasteiger partial charge in [-0.3, -0.25) is 4.90 Å². The van der Waals surface area contributed by atoms with Gasteiger partial charge in [0.25, 0.3) is 0 Å². The molecule has 0 radical (unpaired) electrons. The van der Waals surface area contributed by atoms with E-state index in [2.05, 4.69) is 11.4 Å². The molecule has 204 valence electrons. The Bertz CT molecular complexity index is 1170. The smallest absolute Gasteiger partial charge is 0.416 e. The molecule has 0 aromatic heterocycles. The van der Waals surface area contributed by atoms with Crippen LogP contribution < -0.4 is 5.32 Å². The van der Waals surface area contributed by atoms with Crippen LogP contribution in [0.25, 0.3) is 0 Å². The lowest BCUT2D eigenvalue weighted by atomic mass is 9.76. The first kappa shape index (κ1) is 27.7. The maximum atomic E-state index is 13.3. The van der Waals surface area contributed by atoms with Crippen molar-refractivity contribution < 1.29 is 40.6 Å². The molecule has 0 saturated carbocycles. The van der Waals surface area contributed by atoms with E-state index in [1.165, 1.54) is 11.8 Å². The lowest BCUT2D eigenvalue weighted by molar-refractivity contribution is -0.143. The molecular weight excluding hydrogens is 516 g/mol. The van der Waals surface area contributed by atoms with Crippen LogP contribution in [-0.2, 0) is 27.4 Å². The van der Waals surface area contributed by atoms with Crippen LogP contribution >= 0.6 is 0 Å². The summed E-state index contributed by atoms with van der Waals surface area (Å²) >= 11 is 0. The van der Waals surface area contributed by atoms with Crippen molar-refractivity contribution >= 4 is 6.09 Å². The Balaban J connectivity index is 1.60. The number of nitriles is 1. The van der Waals surface area contributed by atoms with Crippen molar-refractivity contribution in [2.75, 3.05) is 26.3 Å². The van der Waals surface area contributed by atoms with Crippen molar-refractivity contribution in [1.82, 2.24) is 10.2 Å². The zero-order valence-electron chi connectivity index (χ0n) is 20.3. The molecule has 3 atom stereocenters. The molecule has 12 heteroatoms. The second-order valence-electron chi connectivity index (χ2n) is 9.50. The van der Waals surface area contributed by atoms with Crippen LogP contribution in [0.15, 0.2) is 48.5 Å². The number of carbonyl (C=O) groups is 1. The Hall–Kier alpha value is -3.30. The van der Waals surface area contributed by atoms with Gasteiger partial charge in [-0.05, 0) is 49.1 Å². The monoisotopic (exact) mass is 541 g/mol. The summed E-state index contributed by atoms with van der Waals surface area (Å²) in [5.41, 5.74) is -4.40. The van der Waals surface area contributed by atoms with Gasteiger partial charge in [0.15, 0.2) is 0 Å². The summed E-state index contributed by atoms with van der Waals surface area (Å²) in [6.07, 6.45) is -11.1. The lowest BCUT2D eigenvalue weighted by Gasteiger charge is -2.47. The van der Waals surface area contributed by atoms with Crippen molar-refractivity contribution in [2.45, 2.75) is 49.3 Å². The second kappa shape index (κ2) is 10.1. The highest BCUT2D eigenvalue weighted by Gasteiger charge is 2.50. The molecule has 2 saturated heterocycles. The molecular formula is C26H25F6N3O3. The van der Waals surface area contributed by atoms with E-state index in [4.69, 9.17) is 9.47 Å². The Morgan fingerprint density at radius 2 is 1.71 bits per heavy atom. The fraction of sp³-hybridized carbons (Fsp3) is 0.462. The van der Waals surface area contributed by atoms with Crippen LogP contribution in [0.2, 0.25) is 0 Å². The zero-order valence-corrected chi connectivity index (χ0v) is 20.3. The number of piperidine rings is 1. The van der Waals surface area contributed by atoms with E-state index in [0.29, 0.717) is 18.6 Å². The predicted molar refractivity (Wildman–Crippen MR) is 123 cm³/mol. The van der Waals surface area contributed by atoms with Gasteiger partial charge in [0.1, 0.15) is 12.1 Å². The van der Waals surface area contributed by atoms with Crippen LogP contribution in [0.5, 0.6) is 0 Å². The average molecular weight is 541 g/mol. The Labute approximate surface area is 215 Å².